The highest BCUT2D eigenvalue weighted by Crippen LogP contribution is 2.37. The molecule has 0 bridgehead atoms. The Morgan fingerprint density at radius 1 is 1.21 bits per heavy atom. The van der Waals surface area contributed by atoms with E-state index in [-0.39, 0.29) is 42.0 Å². The molecule has 1 fully saturated rings. The summed E-state index contributed by atoms with van der Waals surface area (Å²) < 4.78 is 0. The number of hydrogen-bond donors (Lipinski definition) is 1. The van der Waals surface area contributed by atoms with Gasteiger partial charge in [-0.15, -0.1) is 0 Å². The summed E-state index contributed by atoms with van der Waals surface area (Å²) in [5.41, 5.74) is 1.32. The number of amides is 3. The Morgan fingerprint density at radius 2 is 1.86 bits per heavy atom. The maximum Gasteiger partial charge on any atom is 0.243 e. The lowest BCUT2D eigenvalue weighted by atomic mass is 9.85. The van der Waals surface area contributed by atoms with Crippen LogP contribution in [-0.4, -0.2) is 28.7 Å². The summed E-state index contributed by atoms with van der Waals surface area (Å²) in [7, 11) is 0. The summed E-state index contributed by atoms with van der Waals surface area (Å²) in [5, 5.41) is 11.9. The van der Waals surface area contributed by atoms with E-state index in [9.17, 15) is 14.4 Å². The molecule has 1 aliphatic carbocycles. The molecule has 3 rings (SSSR count). The van der Waals surface area contributed by atoms with Crippen molar-refractivity contribution in [1.29, 1.82) is 5.26 Å². The number of nitrogens with one attached hydrogen (secondary N) is 1. The van der Waals surface area contributed by atoms with Crippen molar-refractivity contribution >= 4 is 17.7 Å². The van der Waals surface area contributed by atoms with Crippen LogP contribution in [0.3, 0.4) is 0 Å². The van der Waals surface area contributed by atoms with Crippen molar-refractivity contribution in [1.82, 2.24) is 10.2 Å². The Hall–Kier alpha value is -2.94. The van der Waals surface area contributed by atoms with Gasteiger partial charge in [0.05, 0.1) is 23.5 Å². The predicted octanol–water partition coefficient (Wildman–Crippen LogP) is 2.54. The molecule has 0 spiro atoms. The third-order valence-corrected chi connectivity index (χ3v) is 5.37. The molecular formula is C22H25N3O3. The molecule has 3 unspecified atom stereocenters. The van der Waals surface area contributed by atoms with Gasteiger partial charge < -0.3 is 5.32 Å². The van der Waals surface area contributed by atoms with Gasteiger partial charge in [-0.3, -0.25) is 19.3 Å². The molecule has 0 radical (unpaired) electrons. The van der Waals surface area contributed by atoms with Crippen LogP contribution >= 0.6 is 0 Å². The summed E-state index contributed by atoms with van der Waals surface area (Å²) in [4.78, 5) is 39.9. The lowest BCUT2D eigenvalue weighted by Gasteiger charge is -2.27. The fourth-order valence-electron chi connectivity index (χ4n) is 3.97. The highest BCUT2D eigenvalue weighted by Gasteiger charge is 2.51. The number of benzene rings is 1. The lowest BCUT2D eigenvalue weighted by molar-refractivity contribution is -0.148. The van der Waals surface area contributed by atoms with Gasteiger partial charge in [0.2, 0.25) is 17.7 Å². The van der Waals surface area contributed by atoms with E-state index in [1.54, 1.807) is 18.2 Å². The van der Waals surface area contributed by atoms with E-state index in [1.807, 2.05) is 32.1 Å². The molecule has 3 amide bonds. The first-order valence-electron chi connectivity index (χ1n) is 9.71. The van der Waals surface area contributed by atoms with Gasteiger partial charge in [-0.05, 0) is 42.9 Å². The largest absolute Gasteiger partial charge is 0.350 e. The van der Waals surface area contributed by atoms with E-state index in [0.717, 1.165) is 5.56 Å². The van der Waals surface area contributed by atoms with E-state index >= 15 is 0 Å². The van der Waals surface area contributed by atoms with Gasteiger partial charge in [-0.2, -0.15) is 5.26 Å². The molecular weight excluding hydrogens is 354 g/mol. The number of likely N-dealkylation sites (tertiary alicyclic amines) is 1. The smallest absolute Gasteiger partial charge is 0.243 e. The second-order valence-electron chi connectivity index (χ2n) is 7.88. The molecule has 28 heavy (non-hydrogen) atoms. The Bertz CT molecular complexity index is 827. The summed E-state index contributed by atoms with van der Waals surface area (Å²) in [6.45, 7) is 4.18. The highest BCUT2D eigenvalue weighted by molar-refractivity contribution is 6.08. The minimum Gasteiger partial charge on any atom is -0.350 e. The van der Waals surface area contributed by atoms with Crippen LogP contribution in [0.2, 0.25) is 0 Å². The molecule has 1 N–H and O–H groups in total. The van der Waals surface area contributed by atoms with Crippen LogP contribution in [0.25, 0.3) is 0 Å². The number of carbonyl (C=O) groups excluding carboxylic acids is 3. The summed E-state index contributed by atoms with van der Waals surface area (Å²) in [6.07, 6.45) is 5.42. The molecule has 1 heterocycles. The maximum atomic E-state index is 13.0. The third-order valence-electron chi connectivity index (χ3n) is 5.37. The zero-order valence-electron chi connectivity index (χ0n) is 16.2. The molecule has 6 heteroatoms. The molecule has 3 atom stereocenters. The first kappa shape index (κ1) is 19.8. The van der Waals surface area contributed by atoms with Gasteiger partial charge >= 0.3 is 0 Å². The minimum absolute atomic E-state index is 0.152. The van der Waals surface area contributed by atoms with Crippen LogP contribution in [0.15, 0.2) is 36.4 Å². The zero-order valence-corrected chi connectivity index (χ0v) is 16.2. The molecule has 2 aliphatic rings. The van der Waals surface area contributed by atoms with Crippen molar-refractivity contribution in [2.45, 2.75) is 45.7 Å². The monoisotopic (exact) mass is 379 g/mol. The molecule has 1 aliphatic heterocycles. The van der Waals surface area contributed by atoms with Crippen molar-refractivity contribution in [2.75, 3.05) is 0 Å². The molecule has 0 saturated carbocycles. The van der Waals surface area contributed by atoms with E-state index in [0.29, 0.717) is 24.8 Å². The Morgan fingerprint density at radius 3 is 2.43 bits per heavy atom. The molecule has 1 aromatic rings. The van der Waals surface area contributed by atoms with Crippen LogP contribution in [0, 0.1) is 29.1 Å². The van der Waals surface area contributed by atoms with Gasteiger partial charge in [0.25, 0.3) is 0 Å². The lowest BCUT2D eigenvalue weighted by Crippen LogP contribution is -2.50. The number of rotatable bonds is 6. The Labute approximate surface area is 165 Å². The summed E-state index contributed by atoms with van der Waals surface area (Å²) >= 11 is 0. The number of allylic oxidation sites excluding steroid dienone is 2. The Balaban J connectivity index is 1.76. The van der Waals surface area contributed by atoms with E-state index in [1.165, 1.54) is 4.90 Å². The number of fused-ring (bicyclic) bond motifs is 1. The average Bonchev–Trinajstić information content (AvgIpc) is 2.95. The van der Waals surface area contributed by atoms with Crippen molar-refractivity contribution in [2.24, 2.45) is 17.8 Å². The van der Waals surface area contributed by atoms with E-state index in [2.05, 4.69) is 11.4 Å². The van der Waals surface area contributed by atoms with Gasteiger partial charge in [0.15, 0.2) is 0 Å². The zero-order chi connectivity index (χ0) is 20.3. The normalized spacial score (nSPS) is 22.1. The van der Waals surface area contributed by atoms with Crippen LogP contribution < -0.4 is 5.32 Å². The second kappa shape index (κ2) is 8.39. The maximum absolute atomic E-state index is 13.0. The number of nitrogens with zero attached hydrogens (tertiary/aromatic N) is 2. The third kappa shape index (κ3) is 3.99. The van der Waals surface area contributed by atoms with Crippen LogP contribution in [0.4, 0.5) is 0 Å². The molecule has 1 aromatic carbocycles. The van der Waals surface area contributed by atoms with Gasteiger partial charge in [-0.25, -0.2) is 0 Å². The van der Waals surface area contributed by atoms with Crippen LogP contribution in [0.5, 0.6) is 0 Å². The number of nitriles is 1. The van der Waals surface area contributed by atoms with Crippen molar-refractivity contribution < 1.29 is 14.4 Å². The molecule has 146 valence electrons. The van der Waals surface area contributed by atoms with Crippen molar-refractivity contribution in [3.8, 4) is 6.07 Å². The molecule has 6 nitrogen and oxygen atoms in total. The fraction of sp³-hybridized carbons (Fsp3) is 0.455. The quantitative estimate of drug-likeness (QED) is 0.607. The highest BCUT2D eigenvalue weighted by atomic mass is 16.2. The van der Waals surface area contributed by atoms with Crippen LogP contribution in [0.1, 0.15) is 44.2 Å². The van der Waals surface area contributed by atoms with Gasteiger partial charge in [0.1, 0.15) is 6.04 Å². The second-order valence-corrected chi connectivity index (χ2v) is 7.88. The van der Waals surface area contributed by atoms with E-state index < -0.39 is 6.04 Å². The molecule has 1 saturated heterocycles. The number of hydrogen-bond acceptors (Lipinski definition) is 4. The predicted molar refractivity (Wildman–Crippen MR) is 103 cm³/mol. The fourth-order valence-corrected chi connectivity index (χ4v) is 3.97. The summed E-state index contributed by atoms with van der Waals surface area (Å²) in [5.74, 6) is -1.32. The first-order chi connectivity index (χ1) is 13.4. The van der Waals surface area contributed by atoms with Gasteiger partial charge in [-0.1, -0.05) is 38.1 Å². The SMILES string of the molecule is CC(C)CC(C(=O)NCc1cccc(C#N)c1)N1C(=O)C2CC=CCC2C1=O. The van der Waals surface area contributed by atoms with Crippen molar-refractivity contribution in [3.05, 3.63) is 47.5 Å². The first-order valence-corrected chi connectivity index (χ1v) is 9.71. The van der Waals surface area contributed by atoms with Gasteiger partial charge in [0, 0.05) is 6.54 Å². The summed E-state index contributed by atoms with van der Waals surface area (Å²) in [6, 6.07) is 8.27. The number of carbonyl (C=O) groups is 3. The van der Waals surface area contributed by atoms with Crippen LogP contribution in [-0.2, 0) is 20.9 Å². The topological polar surface area (TPSA) is 90.3 Å². The number of imide groups is 1. The average molecular weight is 379 g/mol. The van der Waals surface area contributed by atoms with E-state index in [4.69, 9.17) is 5.26 Å². The Kier molecular flexibility index (Phi) is 5.93. The minimum atomic E-state index is -0.801. The van der Waals surface area contributed by atoms with Crippen molar-refractivity contribution in [3.63, 3.8) is 0 Å². The molecule has 0 aromatic heterocycles. The standard InChI is InChI=1S/C22H25N3O3/c1-14(2)10-19(20(26)24-13-16-7-5-6-15(11-16)12-23)25-21(27)17-8-3-4-9-18(17)22(25)28/h3-7,11,14,17-19H,8-10,13H2,1-2H3,(H,24,26).